The van der Waals surface area contributed by atoms with Crippen molar-refractivity contribution in [2.24, 2.45) is 0 Å². The highest BCUT2D eigenvalue weighted by atomic mass is 32.2. The molecule has 1 saturated heterocycles. The molecule has 2 atom stereocenters. The minimum absolute atomic E-state index is 0.0740. The number of carbonyl (C=O) groups is 1. The first kappa shape index (κ1) is 12.6. The first-order chi connectivity index (χ1) is 7.15. The lowest BCUT2D eigenvalue weighted by molar-refractivity contribution is 0.165. The van der Waals surface area contributed by atoms with Gasteiger partial charge in [-0.2, -0.15) is 11.8 Å². The Labute approximate surface area is 96.2 Å². The van der Waals surface area contributed by atoms with Crippen molar-refractivity contribution in [3.05, 3.63) is 0 Å². The van der Waals surface area contributed by atoms with Gasteiger partial charge in [0.1, 0.15) is 0 Å². The minimum atomic E-state index is 0.0740. The third-order valence-electron chi connectivity index (χ3n) is 2.71. The van der Waals surface area contributed by atoms with Crippen molar-refractivity contribution in [1.29, 1.82) is 0 Å². The number of nitrogens with one attached hydrogen (secondary N) is 2. The van der Waals surface area contributed by atoms with Crippen molar-refractivity contribution in [2.45, 2.75) is 25.1 Å². The summed E-state index contributed by atoms with van der Waals surface area (Å²) in [5, 5.41) is 6.72. The van der Waals surface area contributed by atoms with Crippen molar-refractivity contribution in [3.63, 3.8) is 0 Å². The van der Waals surface area contributed by atoms with Gasteiger partial charge in [0.05, 0.1) is 0 Å². The van der Waals surface area contributed by atoms with E-state index < -0.39 is 0 Å². The molecule has 0 aromatic heterocycles. The lowest BCUT2D eigenvalue weighted by Gasteiger charge is -2.34. The molecule has 0 spiro atoms. The molecule has 5 heteroatoms. The summed E-state index contributed by atoms with van der Waals surface area (Å²) in [4.78, 5) is 13.7. The Hall–Kier alpha value is -0.420. The van der Waals surface area contributed by atoms with E-state index in [9.17, 15) is 4.79 Å². The molecule has 1 aliphatic heterocycles. The average Bonchev–Trinajstić information content (AvgIpc) is 2.26. The van der Waals surface area contributed by atoms with Crippen LogP contribution in [0, 0.1) is 0 Å². The van der Waals surface area contributed by atoms with Crippen LogP contribution >= 0.6 is 11.8 Å². The maximum Gasteiger partial charge on any atom is 0.317 e. The lowest BCUT2D eigenvalue weighted by Crippen LogP contribution is -2.55. The molecule has 1 rings (SSSR count). The molecule has 88 valence electrons. The van der Waals surface area contributed by atoms with Gasteiger partial charge in [0.15, 0.2) is 0 Å². The van der Waals surface area contributed by atoms with E-state index in [4.69, 9.17) is 0 Å². The normalized spacial score (nSPS) is 23.7. The fourth-order valence-corrected chi connectivity index (χ4v) is 1.81. The monoisotopic (exact) mass is 231 g/mol. The number of hydrogen-bond acceptors (Lipinski definition) is 3. The van der Waals surface area contributed by atoms with Crippen LogP contribution in [0.3, 0.4) is 0 Å². The van der Waals surface area contributed by atoms with Crippen LogP contribution in [-0.2, 0) is 0 Å². The van der Waals surface area contributed by atoms with Gasteiger partial charge in [-0.1, -0.05) is 6.92 Å². The molecular weight excluding hydrogens is 210 g/mol. The van der Waals surface area contributed by atoms with E-state index in [1.807, 2.05) is 4.90 Å². The number of thioether (sulfide) groups is 1. The Morgan fingerprint density at radius 3 is 3.07 bits per heavy atom. The molecule has 1 aliphatic rings. The molecular formula is C10H21N3OS. The highest BCUT2D eigenvalue weighted by Crippen LogP contribution is 2.05. The van der Waals surface area contributed by atoms with Crippen LogP contribution in [0.2, 0.25) is 0 Å². The first-order valence-corrected chi connectivity index (χ1v) is 6.72. The number of carbonyl (C=O) groups excluding carboxylic acids is 1. The molecule has 0 radical (unpaired) electrons. The zero-order valence-electron chi connectivity index (χ0n) is 9.75. The van der Waals surface area contributed by atoms with Crippen molar-refractivity contribution in [3.8, 4) is 0 Å². The zero-order chi connectivity index (χ0) is 11.3. The van der Waals surface area contributed by atoms with Gasteiger partial charge in [0, 0.05) is 37.5 Å². The van der Waals surface area contributed by atoms with Gasteiger partial charge in [-0.25, -0.2) is 4.79 Å². The molecule has 1 fully saturated rings. The number of rotatable bonds is 3. The first-order valence-electron chi connectivity index (χ1n) is 5.43. The van der Waals surface area contributed by atoms with E-state index in [1.54, 1.807) is 11.8 Å². The number of urea groups is 1. The van der Waals surface area contributed by atoms with Gasteiger partial charge in [-0.15, -0.1) is 0 Å². The van der Waals surface area contributed by atoms with Crippen molar-refractivity contribution < 1.29 is 4.79 Å². The van der Waals surface area contributed by atoms with Crippen LogP contribution in [0.1, 0.15) is 13.8 Å². The molecule has 0 saturated carbocycles. The molecule has 0 aromatic carbocycles. The Morgan fingerprint density at radius 1 is 1.73 bits per heavy atom. The summed E-state index contributed by atoms with van der Waals surface area (Å²) in [6.45, 7) is 7.54. The molecule has 2 N–H and O–H groups in total. The Balaban J connectivity index is 2.32. The second kappa shape index (κ2) is 6.23. The van der Waals surface area contributed by atoms with Crippen LogP contribution in [0.15, 0.2) is 0 Å². The van der Waals surface area contributed by atoms with E-state index in [-0.39, 0.29) is 6.03 Å². The molecule has 0 bridgehead atoms. The summed E-state index contributed by atoms with van der Waals surface area (Å²) in [6.07, 6.45) is 2.06. The van der Waals surface area contributed by atoms with E-state index in [2.05, 4.69) is 30.7 Å². The number of piperazine rings is 1. The van der Waals surface area contributed by atoms with Gasteiger partial charge in [-0.3, -0.25) is 0 Å². The molecule has 2 amide bonds. The summed E-state index contributed by atoms with van der Waals surface area (Å²) in [6, 6.07) is 0.369. The number of amides is 2. The van der Waals surface area contributed by atoms with Gasteiger partial charge >= 0.3 is 6.03 Å². The summed E-state index contributed by atoms with van der Waals surface area (Å²) in [5.74, 6) is 0. The Morgan fingerprint density at radius 2 is 2.47 bits per heavy atom. The highest BCUT2D eigenvalue weighted by Gasteiger charge is 2.22. The topological polar surface area (TPSA) is 44.4 Å². The van der Waals surface area contributed by atoms with Gasteiger partial charge in [0.2, 0.25) is 0 Å². The van der Waals surface area contributed by atoms with Crippen molar-refractivity contribution in [2.75, 3.05) is 32.4 Å². The predicted molar refractivity (Wildman–Crippen MR) is 65.4 cm³/mol. The fraction of sp³-hybridized carbons (Fsp3) is 0.900. The molecule has 15 heavy (non-hydrogen) atoms. The summed E-state index contributed by atoms with van der Waals surface area (Å²) >= 11 is 1.77. The minimum Gasteiger partial charge on any atom is -0.337 e. The van der Waals surface area contributed by atoms with E-state index in [0.717, 1.165) is 26.2 Å². The summed E-state index contributed by atoms with van der Waals surface area (Å²) < 4.78 is 0. The fourth-order valence-electron chi connectivity index (χ4n) is 1.56. The second-order valence-corrected chi connectivity index (χ2v) is 5.26. The molecule has 4 nitrogen and oxygen atoms in total. The molecule has 0 aromatic rings. The van der Waals surface area contributed by atoms with E-state index >= 15 is 0 Å². The van der Waals surface area contributed by atoms with E-state index in [0.29, 0.717) is 11.3 Å². The van der Waals surface area contributed by atoms with Crippen molar-refractivity contribution in [1.82, 2.24) is 15.5 Å². The quantitative estimate of drug-likeness (QED) is 0.753. The van der Waals surface area contributed by atoms with E-state index in [1.165, 1.54) is 0 Å². The Kier molecular flexibility index (Phi) is 5.25. The van der Waals surface area contributed by atoms with Gasteiger partial charge in [-0.05, 0) is 13.2 Å². The summed E-state index contributed by atoms with van der Waals surface area (Å²) in [5.41, 5.74) is 0. The number of hydrogen-bond donors (Lipinski definition) is 2. The maximum atomic E-state index is 11.8. The lowest BCUT2D eigenvalue weighted by atomic mass is 10.2. The highest BCUT2D eigenvalue weighted by molar-refractivity contribution is 7.99. The second-order valence-electron chi connectivity index (χ2n) is 3.98. The maximum absolute atomic E-state index is 11.8. The van der Waals surface area contributed by atoms with Crippen LogP contribution in [0.4, 0.5) is 4.79 Å². The standard InChI is InChI=1S/C10H21N3OS/c1-8-6-11-4-5-13(8)10(14)12-7-9(2)15-3/h8-9,11H,4-7H2,1-3H3,(H,12,14). The van der Waals surface area contributed by atoms with Crippen LogP contribution < -0.4 is 10.6 Å². The molecule has 0 aliphatic carbocycles. The number of nitrogens with zero attached hydrogens (tertiary/aromatic N) is 1. The molecule has 1 heterocycles. The van der Waals surface area contributed by atoms with Crippen LogP contribution in [0.25, 0.3) is 0 Å². The summed E-state index contributed by atoms with van der Waals surface area (Å²) in [7, 11) is 0. The van der Waals surface area contributed by atoms with Crippen molar-refractivity contribution >= 4 is 17.8 Å². The van der Waals surface area contributed by atoms with Crippen LogP contribution in [-0.4, -0.2) is 54.7 Å². The third kappa shape index (κ3) is 3.91. The van der Waals surface area contributed by atoms with Gasteiger partial charge < -0.3 is 15.5 Å². The Bertz CT molecular complexity index is 213. The average molecular weight is 231 g/mol. The van der Waals surface area contributed by atoms with Crippen LogP contribution in [0.5, 0.6) is 0 Å². The largest absolute Gasteiger partial charge is 0.337 e. The van der Waals surface area contributed by atoms with Gasteiger partial charge in [0.25, 0.3) is 0 Å². The predicted octanol–water partition coefficient (Wildman–Crippen LogP) is 0.741. The SMILES string of the molecule is CSC(C)CNC(=O)N1CCNCC1C. The third-order valence-corrected chi connectivity index (χ3v) is 3.68. The smallest absolute Gasteiger partial charge is 0.317 e. The molecule has 2 unspecified atom stereocenters. The zero-order valence-corrected chi connectivity index (χ0v) is 10.6.